The van der Waals surface area contributed by atoms with Crippen LogP contribution in [0, 0.1) is 0 Å². The molecule has 2 aliphatic rings. The van der Waals surface area contributed by atoms with Gasteiger partial charge in [0.25, 0.3) is 0 Å². The number of hydrazone groups is 1. The summed E-state index contributed by atoms with van der Waals surface area (Å²) in [5.74, 6) is 1.80. The van der Waals surface area contributed by atoms with Crippen LogP contribution in [-0.4, -0.2) is 17.8 Å². The molecule has 0 amide bonds. The Morgan fingerprint density at radius 3 is 2.32 bits per heavy atom. The molecule has 2 heterocycles. The molecule has 3 aromatic rings. The van der Waals surface area contributed by atoms with Gasteiger partial charge in [0, 0.05) is 17.5 Å². The molecule has 0 saturated heterocycles. The van der Waals surface area contributed by atoms with E-state index in [0.29, 0.717) is 0 Å². The molecule has 4 heteroatoms. The van der Waals surface area contributed by atoms with Gasteiger partial charge in [0.15, 0.2) is 0 Å². The molecular weight excluding hydrogens is 384 g/mol. The first-order chi connectivity index (χ1) is 14.9. The Morgan fingerprint density at radius 1 is 0.935 bits per heavy atom. The van der Waals surface area contributed by atoms with Gasteiger partial charge in [0.05, 0.1) is 18.9 Å². The molecule has 0 unspecified atom stereocenters. The summed E-state index contributed by atoms with van der Waals surface area (Å²) in [6.07, 6.45) is 0.605. The zero-order valence-electron chi connectivity index (χ0n) is 18.5. The highest BCUT2D eigenvalue weighted by molar-refractivity contribution is 6.02. The summed E-state index contributed by atoms with van der Waals surface area (Å²) < 4.78 is 11.8. The first-order valence-electron chi connectivity index (χ1n) is 10.8. The van der Waals surface area contributed by atoms with E-state index in [-0.39, 0.29) is 17.7 Å². The molecule has 4 nitrogen and oxygen atoms in total. The molecule has 31 heavy (non-hydrogen) atoms. The van der Waals surface area contributed by atoms with Crippen molar-refractivity contribution in [2.45, 2.75) is 44.9 Å². The van der Waals surface area contributed by atoms with Crippen molar-refractivity contribution in [2.75, 3.05) is 7.11 Å². The summed E-state index contributed by atoms with van der Waals surface area (Å²) in [5, 5.41) is 7.18. The molecule has 2 atom stereocenters. The van der Waals surface area contributed by atoms with Crippen LogP contribution >= 0.6 is 0 Å². The number of hydrogen-bond acceptors (Lipinski definition) is 4. The van der Waals surface area contributed by atoms with Crippen LogP contribution in [0.25, 0.3) is 0 Å². The monoisotopic (exact) mass is 412 g/mol. The SMILES string of the molecule is COc1ccc(C2=NN3[C@@H](c4ccc(C(C)(C)C)cc4)Oc4ccccc4[C@@H]3C2)cc1. The Kier molecular flexibility index (Phi) is 4.73. The predicted molar refractivity (Wildman–Crippen MR) is 124 cm³/mol. The summed E-state index contributed by atoms with van der Waals surface area (Å²) in [5.41, 5.74) is 5.94. The number of methoxy groups -OCH3 is 1. The maximum atomic E-state index is 6.48. The van der Waals surface area contributed by atoms with Gasteiger partial charge in [0.2, 0.25) is 6.23 Å². The highest BCUT2D eigenvalue weighted by Gasteiger charge is 2.40. The molecular formula is C27H28N2O2. The van der Waals surface area contributed by atoms with Gasteiger partial charge in [-0.2, -0.15) is 5.10 Å². The van der Waals surface area contributed by atoms with Gasteiger partial charge in [-0.15, -0.1) is 0 Å². The van der Waals surface area contributed by atoms with E-state index < -0.39 is 0 Å². The zero-order valence-corrected chi connectivity index (χ0v) is 18.5. The van der Waals surface area contributed by atoms with E-state index in [1.165, 1.54) is 11.1 Å². The summed E-state index contributed by atoms with van der Waals surface area (Å²) in [7, 11) is 1.69. The van der Waals surface area contributed by atoms with Crippen LogP contribution in [0.3, 0.4) is 0 Å². The second-order valence-electron chi connectivity index (χ2n) is 9.26. The van der Waals surface area contributed by atoms with Gasteiger partial charge in [-0.25, -0.2) is 5.01 Å². The molecule has 0 fully saturated rings. The smallest absolute Gasteiger partial charge is 0.213 e. The standard InChI is InChI=1S/C27H28N2O2/c1-27(2,3)20-13-9-19(10-14-20)26-29-24(22-7-5-6-8-25(22)31-26)17-23(28-29)18-11-15-21(30-4)16-12-18/h5-16,24,26H,17H2,1-4H3/t24-,26+/m0/s1. The fraction of sp³-hybridized carbons (Fsp3) is 0.296. The molecule has 0 saturated carbocycles. The van der Waals surface area contributed by atoms with Crippen LogP contribution in [0.1, 0.15) is 61.7 Å². The van der Waals surface area contributed by atoms with Gasteiger partial charge < -0.3 is 9.47 Å². The fourth-order valence-electron chi connectivity index (χ4n) is 4.36. The van der Waals surface area contributed by atoms with Crippen LogP contribution in [-0.2, 0) is 5.41 Å². The molecule has 2 aliphatic heterocycles. The van der Waals surface area contributed by atoms with Crippen molar-refractivity contribution in [2.24, 2.45) is 5.10 Å². The Hall–Kier alpha value is -3.27. The molecule has 0 radical (unpaired) electrons. The zero-order chi connectivity index (χ0) is 21.6. The number of nitrogens with zero attached hydrogens (tertiary/aromatic N) is 2. The molecule has 0 aromatic heterocycles. The van der Waals surface area contributed by atoms with Crippen LogP contribution in [0.4, 0.5) is 0 Å². The summed E-state index contributed by atoms with van der Waals surface area (Å²) in [6, 6.07) is 25.4. The third kappa shape index (κ3) is 3.56. The number of fused-ring (bicyclic) bond motifs is 3. The Balaban J connectivity index is 1.53. The molecule has 5 rings (SSSR count). The van der Waals surface area contributed by atoms with Gasteiger partial charge in [-0.05, 0) is 46.9 Å². The normalized spacial score (nSPS) is 19.9. The van der Waals surface area contributed by atoms with Gasteiger partial charge in [-0.3, -0.25) is 0 Å². The minimum Gasteiger partial charge on any atom is -0.497 e. The third-order valence-electron chi connectivity index (χ3n) is 6.18. The lowest BCUT2D eigenvalue weighted by Crippen LogP contribution is -2.33. The van der Waals surface area contributed by atoms with Crippen molar-refractivity contribution < 1.29 is 9.47 Å². The van der Waals surface area contributed by atoms with Crippen molar-refractivity contribution in [3.63, 3.8) is 0 Å². The van der Waals surface area contributed by atoms with E-state index >= 15 is 0 Å². The molecule has 0 N–H and O–H groups in total. The van der Waals surface area contributed by atoms with Crippen LogP contribution in [0.5, 0.6) is 11.5 Å². The third-order valence-corrected chi connectivity index (χ3v) is 6.18. The number of ether oxygens (including phenoxy) is 2. The highest BCUT2D eigenvalue weighted by atomic mass is 16.5. The van der Waals surface area contributed by atoms with E-state index in [1.54, 1.807) is 7.11 Å². The lowest BCUT2D eigenvalue weighted by molar-refractivity contribution is -0.0190. The van der Waals surface area contributed by atoms with Crippen LogP contribution in [0.15, 0.2) is 77.9 Å². The van der Waals surface area contributed by atoms with Crippen molar-refractivity contribution >= 4 is 5.71 Å². The van der Waals surface area contributed by atoms with E-state index in [0.717, 1.165) is 34.8 Å². The highest BCUT2D eigenvalue weighted by Crippen LogP contribution is 2.47. The van der Waals surface area contributed by atoms with Crippen molar-refractivity contribution in [1.29, 1.82) is 0 Å². The van der Waals surface area contributed by atoms with E-state index in [4.69, 9.17) is 14.6 Å². The van der Waals surface area contributed by atoms with Crippen LogP contribution < -0.4 is 9.47 Å². The quantitative estimate of drug-likeness (QED) is 0.511. The fourth-order valence-corrected chi connectivity index (χ4v) is 4.36. The lowest BCUT2D eigenvalue weighted by atomic mass is 9.86. The number of rotatable bonds is 3. The average Bonchev–Trinajstić information content (AvgIpc) is 3.24. The van der Waals surface area contributed by atoms with Gasteiger partial charge in [-0.1, -0.05) is 63.2 Å². The molecule has 0 spiro atoms. The maximum Gasteiger partial charge on any atom is 0.213 e. The summed E-state index contributed by atoms with van der Waals surface area (Å²) in [4.78, 5) is 0. The second kappa shape index (κ2) is 7.45. The summed E-state index contributed by atoms with van der Waals surface area (Å²) >= 11 is 0. The topological polar surface area (TPSA) is 34.1 Å². The molecule has 0 bridgehead atoms. The summed E-state index contributed by atoms with van der Waals surface area (Å²) in [6.45, 7) is 6.70. The lowest BCUT2D eigenvalue weighted by Gasteiger charge is -2.38. The van der Waals surface area contributed by atoms with Crippen molar-refractivity contribution in [1.82, 2.24) is 5.01 Å². The number of para-hydroxylation sites is 1. The van der Waals surface area contributed by atoms with Gasteiger partial charge >= 0.3 is 0 Å². The average molecular weight is 413 g/mol. The van der Waals surface area contributed by atoms with Crippen LogP contribution in [0.2, 0.25) is 0 Å². The van der Waals surface area contributed by atoms with Gasteiger partial charge in [0.1, 0.15) is 11.5 Å². The largest absolute Gasteiger partial charge is 0.497 e. The first kappa shape index (κ1) is 19.7. The Labute approximate surface area is 184 Å². The van der Waals surface area contributed by atoms with Crippen molar-refractivity contribution in [3.05, 3.63) is 95.1 Å². The van der Waals surface area contributed by atoms with Crippen molar-refractivity contribution in [3.8, 4) is 11.5 Å². The number of hydrogen-bond donors (Lipinski definition) is 0. The van der Waals surface area contributed by atoms with E-state index in [1.807, 2.05) is 18.2 Å². The second-order valence-corrected chi connectivity index (χ2v) is 9.26. The first-order valence-corrected chi connectivity index (χ1v) is 10.8. The molecule has 0 aliphatic carbocycles. The Bertz CT molecular complexity index is 1110. The maximum absolute atomic E-state index is 6.48. The Morgan fingerprint density at radius 2 is 1.65 bits per heavy atom. The van der Waals surface area contributed by atoms with E-state index in [2.05, 4.69) is 80.4 Å². The number of benzene rings is 3. The molecule has 3 aromatic carbocycles. The van der Waals surface area contributed by atoms with E-state index in [9.17, 15) is 0 Å². The predicted octanol–water partition coefficient (Wildman–Crippen LogP) is 6.24. The minimum atomic E-state index is -0.246. The molecule has 158 valence electrons. The minimum absolute atomic E-state index is 0.119.